The van der Waals surface area contributed by atoms with Crippen molar-refractivity contribution in [1.82, 2.24) is 14.8 Å². The van der Waals surface area contributed by atoms with Crippen molar-refractivity contribution in [3.8, 4) is 0 Å². The molecule has 0 bridgehead atoms. The molecule has 0 aliphatic rings. The lowest BCUT2D eigenvalue weighted by Crippen LogP contribution is -1.96. The maximum Gasteiger partial charge on any atom is 0.119 e. The lowest BCUT2D eigenvalue weighted by molar-refractivity contribution is 0.767. The van der Waals surface area contributed by atoms with E-state index >= 15 is 0 Å². The highest BCUT2D eigenvalue weighted by molar-refractivity contribution is 7.99. The molecule has 0 aliphatic heterocycles. The number of benzene rings is 1. The number of hydrogen-bond donors (Lipinski definition) is 0. The van der Waals surface area contributed by atoms with Crippen molar-refractivity contribution in [3.63, 3.8) is 0 Å². The Labute approximate surface area is 97.5 Å². The molecule has 1 heterocycles. The largest absolute Gasteiger partial charge is 0.319 e. The van der Waals surface area contributed by atoms with Gasteiger partial charge in [-0.3, -0.25) is 0 Å². The molecular weight excluding hydrogens is 230 g/mol. The predicted molar refractivity (Wildman–Crippen MR) is 62.2 cm³/mol. The molecule has 0 N–H and O–H groups in total. The molecule has 1 aromatic heterocycles. The summed E-state index contributed by atoms with van der Waals surface area (Å²) in [7, 11) is 0. The van der Waals surface area contributed by atoms with E-state index in [1.54, 1.807) is 24.4 Å². The van der Waals surface area contributed by atoms with E-state index in [4.69, 9.17) is 11.6 Å². The van der Waals surface area contributed by atoms with Gasteiger partial charge < -0.3 is 4.57 Å². The topological polar surface area (TPSA) is 30.7 Å². The van der Waals surface area contributed by atoms with E-state index < -0.39 is 0 Å². The van der Waals surface area contributed by atoms with E-state index in [2.05, 4.69) is 10.2 Å². The summed E-state index contributed by atoms with van der Waals surface area (Å²) < 4.78 is 1.96. The van der Waals surface area contributed by atoms with Gasteiger partial charge in [0.1, 0.15) is 12.7 Å². The van der Waals surface area contributed by atoms with E-state index in [0.29, 0.717) is 0 Å². The monoisotopic (exact) mass is 239 g/mol. The fourth-order valence-corrected chi connectivity index (χ4v) is 2.13. The van der Waals surface area contributed by atoms with Gasteiger partial charge in [0.2, 0.25) is 0 Å². The zero-order chi connectivity index (χ0) is 10.5. The molecule has 0 saturated heterocycles. The summed E-state index contributed by atoms with van der Waals surface area (Å²) in [5.74, 6) is 1.000. The Morgan fingerprint density at radius 3 is 2.47 bits per heavy atom. The first-order valence-corrected chi connectivity index (χ1v) is 5.92. The third-order valence-corrected chi connectivity index (χ3v) is 3.14. The van der Waals surface area contributed by atoms with Crippen LogP contribution in [0.2, 0.25) is 5.02 Å². The molecule has 1 aromatic carbocycles. The lowest BCUT2D eigenvalue weighted by Gasteiger charge is -2.01. The van der Waals surface area contributed by atoms with Gasteiger partial charge in [-0.05, 0) is 24.3 Å². The van der Waals surface area contributed by atoms with E-state index in [9.17, 15) is 0 Å². The summed E-state index contributed by atoms with van der Waals surface area (Å²) in [6, 6.07) is 7.86. The van der Waals surface area contributed by atoms with Crippen LogP contribution in [0.3, 0.4) is 0 Å². The van der Waals surface area contributed by atoms with Gasteiger partial charge in [0.15, 0.2) is 0 Å². The van der Waals surface area contributed by atoms with Crippen LogP contribution in [0.25, 0.3) is 0 Å². The third-order valence-electron chi connectivity index (χ3n) is 1.90. The van der Waals surface area contributed by atoms with Crippen molar-refractivity contribution in [1.29, 1.82) is 0 Å². The normalized spacial score (nSPS) is 10.5. The molecule has 2 aromatic rings. The Morgan fingerprint density at radius 2 is 1.80 bits per heavy atom. The van der Waals surface area contributed by atoms with Crippen LogP contribution in [0.15, 0.2) is 41.8 Å². The minimum atomic E-state index is 0.776. The minimum absolute atomic E-state index is 0.776. The van der Waals surface area contributed by atoms with Crippen LogP contribution in [0.4, 0.5) is 0 Å². The number of hydrogen-bond acceptors (Lipinski definition) is 3. The van der Waals surface area contributed by atoms with Gasteiger partial charge in [0.05, 0.1) is 0 Å². The Hall–Kier alpha value is -1.00. The van der Waals surface area contributed by atoms with Crippen LogP contribution < -0.4 is 0 Å². The minimum Gasteiger partial charge on any atom is -0.319 e. The van der Waals surface area contributed by atoms with Crippen LogP contribution in [0, 0.1) is 0 Å². The molecular formula is C10H10ClN3S. The number of halogens is 1. The molecule has 2 rings (SSSR count). The van der Waals surface area contributed by atoms with Crippen LogP contribution in [0.5, 0.6) is 0 Å². The van der Waals surface area contributed by atoms with Gasteiger partial charge in [0, 0.05) is 22.2 Å². The first-order valence-electron chi connectivity index (χ1n) is 4.55. The van der Waals surface area contributed by atoms with Gasteiger partial charge >= 0.3 is 0 Å². The highest BCUT2D eigenvalue weighted by atomic mass is 35.5. The van der Waals surface area contributed by atoms with Crippen molar-refractivity contribution >= 4 is 23.4 Å². The Bertz CT molecular complexity index is 399. The summed E-state index contributed by atoms with van der Waals surface area (Å²) in [5.41, 5.74) is 0. The summed E-state index contributed by atoms with van der Waals surface area (Å²) in [6.45, 7) is 0.917. The van der Waals surface area contributed by atoms with E-state index in [1.165, 1.54) is 4.90 Å². The predicted octanol–water partition coefficient (Wildman–Crippen LogP) is 2.72. The summed E-state index contributed by atoms with van der Waals surface area (Å²) in [5, 5.41) is 8.27. The second-order valence-electron chi connectivity index (χ2n) is 3.00. The van der Waals surface area contributed by atoms with Gasteiger partial charge in [0.25, 0.3) is 0 Å². The molecule has 78 valence electrons. The molecule has 0 unspecified atom stereocenters. The van der Waals surface area contributed by atoms with Crippen molar-refractivity contribution in [3.05, 3.63) is 41.9 Å². The highest BCUT2D eigenvalue weighted by Crippen LogP contribution is 2.20. The van der Waals surface area contributed by atoms with E-state index in [-0.39, 0.29) is 0 Å². The molecule has 0 atom stereocenters. The molecule has 0 amide bonds. The van der Waals surface area contributed by atoms with Crippen molar-refractivity contribution in [2.45, 2.75) is 11.4 Å². The fraction of sp³-hybridized carbons (Fsp3) is 0.200. The van der Waals surface area contributed by atoms with E-state index in [0.717, 1.165) is 17.3 Å². The molecule has 3 nitrogen and oxygen atoms in total. The SMILES string of the molecule is Clc1ccc(SCCn2cnnc2)cc1. The average molecular weight is 240 g/mol. The zero-order valence-corrected chi connectivity index (χ0v) is 9.58. The Balaban J connectivity index is 1.81. The average Bonchev–Trinajstić information content (AvgIpc) is 2.74. The summed E-state index contributed by atoms with van der Waals surface area (Å²) >= 11 is 7.59. The number of rotatable bonds is 4. The maximum absolute atomic E-state index is 5.80. The first kappa shape index (κ1) is 10.5. The molecule has 0 saturated carbocycles. The molecule has 15 heavy (non-hydrogen) atoms. The summed E-state index contributed by atoms with van der Waals surface area (Å²) in [4.78, 5) is 1.23. The van der Waals surface area contributed by atoms with E-state index in [1.807, 2.05) is 28.8 Å². The summed E-state index contributed by atoms with van der Waals surface area (Å²) in [6.07, 6.45) is 3.45. The number of thioether (sulfide) groups is 1. The third kappa shape index (κ3) is 3.25. The first-order chi connectivity index (χ1) is 7.34. The number of aromatic nitrogens is 3. The number of nitrogens with zero attached hydrogens (tertiary/aromatic N) is 3. The molecule has 0 radical (unpaired) electrons. The van der Waals surface area contributed by atoms with Crippen molar-refractivity contribution < 1.29 is 0 Å². The van der Waals surface area contributed by atoms with Crippen LogP contribution in [-0.2, 0) is 6.54 Å². The van der Waals surface area contributed by atoms with Gasteiger partial charge in [-0.2, -0.15) is 0 Å². The molecule has 0 aliphatic carbocycles. The van der Waals surface area contributed by atoms with Gasteiger partial charge in [-0.25, -0.2) is 0 Å². The van der Waals surface area contributed by atoms with Gasteiger partial charge in [-0.1, -0.05) is 11.6 Å². The standard InChI is InChI=1S/C10H10ClN3S/c11-9-1-3-10(4-2-9)15-6-5-14-7-12-13-8-14/h1-4,7-8H,5-6H2. The second-order valence-corrected chi connectivity index (χ2v) is 4.61. The maximum atomic E-state index is 5.80. The Morgan fingerprint density at radius 1 is 1.13 bits per heavy atom. The van der Waals surface area contributed by atoms with Crippen molar-refractivity contribution in [2.24, 2.45) is 0 Å². The van der Waals surface area contributed by atoms with Crippen molar-refractivity contribution in [2.75, 3.05) is 5.75 Å². The quantitative estimate of drug-likeness (QED) is 0.769. The fourth-order valence-electron chi connectivity index (χ4n) is 1.14. The zero-order valence-electron chi connectivity index (χ0n) is 8.01. The Kier molecular flexibility index (Phi) is 3.64. The molecule has 5 heteroatoms. The smallest absolute Gasteiger partial charge is 0.119 e. The highest BCUT2D eigenvalue weighted by Gasteiger charge is 1.95. The molecule has 0 fully saturated rings. The van der Waals surface area contributed by atoms with Crippen LogP contribution >= 0.6 is 23.4 Å². The van der Waals surface area contributed by atoms with Gasteiger partial charge in [-0.15, -0.1) is 22.0 Å². The lowest BCUT2D eigenvalue weighted by atomic mass is 10.4. The number of aryl methyl sites for hydroxylation is 1. The van der Waals surface area contributed by atoms with Crippen LogP contribution in [0.1, 0.15) is 0 Å². The van der Waals surface area contributed by atoms with Crippen LogP contribution in [-0.4, -0.2) is 20.5 Å². The second kappa shape index (κ2) is 5.19. The molecule has 0 spiro atoms.